The lowest BCUT2D eigenvalue weighted by Crippen LogP contribution is -2.07. The number of benzene rings is 2. The van der Waals surface area contributed by atoms with Crippen LogP contribution in [0, 0.1) is 0 Å². The summed E-state index contributed by atoms with van der Waals surface area (Å²) < 4.78 is 11.9. The maximum Gasteiger partial charge on any atom is 0.194 e. The molecular weight excluding hydrogens is 562 g/mol. The van der Waals surface area contributed by atoms with Crippen molar-refractivity contribution < 1.29 is 13.4 Å². The van der Waals surface area contributed by atoms with Gasteiger partial charge in [0, 0.05) is 30.8 Å². The molecule has 0 saturated heterocycles. The van der Waals surface area contributed by atoms with Gasteiger partial charge in [-0.15, -0.1) is 17.5 Å². The standard InChI is InChI=1S/C14H14Cl2N2.C12H14Cl2O3S/c1-2-3-12(9-18-7-6-17-10-18)11-4-5-13(15)14(16)8-11;1-3-4-10(8-16-18-17-15-2)9-5-6-11(13)12(14)7-9/h2,4-8,10,12H,1,3,9H2;3,5-7,10H,1,4,8H2,2H3. The van der Waals surface area contributed by atoms with E-state index in [4.69, 9.17) is 50.6 Å². The quantitative estimate of drug-likeness (QED) is 0.0653. The first kappa shape index (κ1) is 30.7. The molecule has 0 aliphatic heterocycles. The van der Waals surface area contributed by atoms with Gasteiger partial charge in [-0.05, 0) is 48.2 Å². The van der Waals surface area contributed by atoms with E-state index in [1.807, 2.05) is 55.0 Å². The summed E-state index contributed by atoms with van der Waals surface area (Å²) in [6.07, 6.45) is 10.9. The zero-order valence-electron chi connectivity index (χ0n) is 19.8. The molecule has 0 bridgehead atoms. The Morgan fingerprint density at radius 2 is 1.50 bits per heavy atom. The highest BCUT2D eigenvalue weighted by atomic mass is 35.5. The fourth-order valence-corrected chi connectivity index (χ4v) is 4.29. The van der Waals surface area contributed by atoms with Gasteiger partial charge in [-0.25, -0.2) is 9.87 Å². The van der Waals surface area contributed by atoms with Gasteiger partial charge in [0.15, 0.2) is 12.3 Å². The van der Waals surface area contributed by atoms with Gasteiger partial charge in [-0.3, -0.25) is 4.18 Å². The Labute approximate surface area is 237 Å². The van der Waals surface area contributed by atoms with E-state index in [-0.39, 0.29) is 5.92 Å². The maximum absolute atomic E-state index is 6.06. The molecule has 2 aromatic carbocycles. The van der Waals surface area contributed by atoms with Gasteiger partial charge >= 0.3 is 0 Å². The van der Waals surface area contributed by atoms with Crippen molar-refractivity contribution in [3.63, 3.8) is 0 Å². The summed E-state index contributed by atoms with van der Waals surface area (Å²) in [4.78, 5) is 8.45. The molecule has 0 saturated carbocycles. The van der Waals surface area contributed by atoms with Crippen molar-refractivity contribution >= 4 is 58.7 Å². The summed E-state index contributed by atoms with van der Waals surface area (Å²) in [6, 6.07) is 11.3. The summed E-state index contributed by atoms with van der Waals surface area (Å²) in [5, 5.41) is 2.24. The molecule has 3 rings (SSSR count). The second-order valence-corrected chi connectivity index (χ2v) is 9.77. The SMILES string of the molecule is C=CCC(COSOOC)c1ccc(Cl)c(Cl)c1.C=CCC(Cn1ccnc1)c1ccc(Cl)c(Cl)c1. The minimum atomic E-state index is 0.144. The zero-order chi connectivity index (χ0) is 26.3. The first-order valence-electron chi connectivity index (χ1n) is 11.0. The molecule has 10 heteroatoms. The van der Waals surface area contributed by atoms with Crippen LogP contribution < -0.4 is 0 Å². The zero-order valence-corrected chi connectivity index (χ0v) is 23.6. The van der Waals surface area contributed by atoms with Crippen molar-refractivity contribution in [3.8, 4) is 0 Å². The lowest BCUT2D eigenvalue weighted by Gasteiger charge is -2.16. The first-order chi connectivity index (χ1) is 17.4. The lowest BCUT2D eigenvalue weighted by atomic mass is 9.95. The topological polar surface area (TPSA) is 45.5 Å². The number of nitrogens with zero attached hydrogens (tertiary/aromatic N) is 2. The summed E-state index contributed by atoms with van der Waals surface area (Å²) in [5.41, 5.74) is 2.21. The van der Waals surface area contributed by atoms with E-state index in [0.717, 1.165) is 42.8 Å². The van der Waals surface area contributed by atoms with Gasteiger partial charge in [0.2, 0.25) is 0 Å². The van der Waals surface area contributed by atoms with Crippen LogP contribution in [0.15, 0.2) is 80.4 Å². The Morgan fingerprint density at radius 3 is 2.00 bits per heavy atom. The number of hydrogen-bond acceptors (Lipinski definition) is 5. The van der Waals surface area contributed by atoms with E-state index in [9.17, 15) is 0 Å². The molecule has 0 fully saturated rings. The van der Waals surface area contributed by atoms with E-state index in [0.29, 0.717) is 32.6 Å². The third-order valence-corrected chi connectivity index (χ3v) is 7.04. The lowest BCUT2D eigenvalue weighted by molar-refractivity contribution is -0.166. The van der Waals surface area contributed by atoms with Crippen molar-refractivity contribution in [2.24, 2.45) is 0 Å². The molecule has 2 unspecified atom stereocenters. The van der Waals surface area contributed by atoms with Crippen LogP contribution in [0.4, 0.5) is 0 Å². The second-order valence-electron chi connectivity index (χ2n) is 7.64. The second kappa shape index (κ2) is 17.1. The number of aromatic nitrogens is 2. The van der Waals surface area contributed by atoms with Crippen LogP contribution in [0.5, 0.6) is 0 Å². The van der Waals surface area contributed by atoms with Gasteiger partial charge < -0.3 is 4.57 Å². The molecule has 194 valence electrons. The molecule has 0 aliphatic rings. The minimum absolute atomic E-state index is 0.144. The predicted octanol–water partition coefficient (Wildman–Crippen LogP) is 9.36. The molecule has 0 radical (unpaired) electrons. The van der Waals surface area contributed by atoms with Crippen molar-refractivity contribution in [3.05, 3.63) is 112 Å². The van der Waals surface area contributed by atoms with Crippen LogP contribution in [-0.2, 0) is 19.9 Å². The van der Waals surface area contributed by atoms with E-state index >= 15 is 0 Å². The van der Waals surface area contributed by atoms with E-state index in [1.165, 1.54) is 7.11 Å². The average Bonchev–Trinajstić information content (AvgIpc) is 3.38. The van der Waals surface area contributed by atoms with E-state index < -0.39 is 0 Å². The smallest absolute Gasteiger partial charge is 0.194 e. The van der Waals surface area contributed by atoms with Gasteiger partial charge in [0.05, 0.1) is 40.1 Å². The summed E-state index contributed by atoms with van der Waals surface area (Å²) in [6.45, 7) is 8.85. The van der Waals surface area contributed by atoms with E-state index in [1.54, 1.807) is 12.3 Å². The van der Waals surface area contributed by atoms with Crippen LogP contribution >= 0.6 is 58.7 Å². The third kappa shape index (κ3) is 10.5. The summed E-state index contributed by atoms with van der Waals surface area (Å²) in [5.74, 6) is 0.469. The van der Waals surface area contributed by atoms with Crippen LogP contribution in [-0.4, -0.2) is 23.3 Å². The van der Waals surface area contributed by atoms with Gasteiger partial charge in [-0.2, -0.15) is 0 Å². The van der Waals surface area contributed by atoms with Gasteiger partial charge in [0.1, 0.15) is 0 Å². The summed E-state index contributed by atoms with van der Waals surface area (Å²) >= 11 is 24.7. The maximum atomic E-state index is 6.06. The number of allylic oxidation sites excluding steroid dienone is 2. The molecule has 0 N–H and O–H groups in total. The molecular formula is C26H28Cl4N2O3S. The van der Waals surface area contributed by atoms with Crippen molar-refractivity contribution in [2.45, 2.75) is 31.2 Å². The molecule has 0 aliphatic carbocycles. The number of halogens is 4. The monoisotopic (exact) mass is 588 g/mol. The Kier molecular flexibility index (Phi) is 14.6. The molecule has 1 aromatic heterocycles. The normalized spacial score (nSPS) is 12.4. The molecule has 36 heavy (non-hydrogen) atoms. The highest BCUT2D eigenvalue weighted by Crippen LogP contribution is 2.30. The van der Waals surface area contributed by atoms with Crippen LogP contribution in [0.2, 0.25) is 20.1 Å². The average molecular weight is 590 g/mol. The predicted molar refractivity (Wildman–Crippen MR) is 152 cm³/mol. The molecule has 1 heterocycles. The molecule has 0 spiro atoms. The van der Waals surface area contributed by atoms with Crippen molar-refractivity contribution in [1.82, 2.24) is 9.55 Å². The third-order valence-electron chi connectivity index (χ3n) is 5.14. The van der Waals surface area contributed by atoms with Crippen LogP contribution in [0.3, 0.4) is 0 Å². The summed E-state index contributed by atoms with van der Waals surface area (Å²) in [7, 11) is 1.41. The van der Waals surface area contributed by atoms with Gasteiger partial charge in [0.25, 0.3) is 0 Å². The van der Waals surface area contributed by atoms with Crippen molar-refractivity contribution in [1.29, 1.82) is 0 Å². The Balaban J connectivity index is 0.000000254. The van der Waals surface area contributed by atoms with E-state index in [2.05, 4.69) is 31.9 Å². The molecule has 3 aromatic rings. The Hall–Kier alpha value is -1.48. The van der Waals surface area contributed by atoms with Crippen molar-refractivity contribution in [2.75, 3.05) is 13.7 Å². The number of imidazole rings is 1. The first-order valence-corrected chi connectivity index (χ1v) is 13.1. The highest BCUT2D eigenvalue weighted by Gasteiger charge is 2.13. The highest BCUT2D eigenvalue weighted by molar-refractivity contribution is 7.89. The fraction of sp³-hybridized carbons (Fsp3) is 0.269. The van der Waals surface area contributed by atoms with Gasteiger partial charge in [-0.1, -0.05) is 70.7 Å². The minimum Gasteiger partial charge on any atom is -0.337 e. The molecule has 2 atom stereocenters. The largest absolute Gasteiger partial charge is 0.337 e. The molecule has 0 amide bonds. The van der Waals surface area contributed by atoms with Crippen LogP contribution in [0.1, 0.15) is 35.8 Å². The number of rotatable bonds is 13. The fourth-order valence-electron chi connectivity index (χ4n) is 3.36. The van der Waals surface area contributed by atoms with Crippen LogP contribution in [0.25, 0.3) is 0 Å². The Morgan fingerprint density at radius 1 is 0.917 bits per heavy atom. The Bertz CT molecular complexity index is 1080. The molecule has 5 nitrogen and oxygen atoms in total. The number of hydrogen-bond donors (Lipinski definition) is 0.